The molecule has 0 unspecified atom stereocenters. The lowest BCUT2D eigenvalue weighted by atomic mass is 9.84. The molecule has 2 aliphatic rings. The van der Waals surface area contributed by atoms with Crippen molar-refractivity contribution in [3.8, 4) is 16.3 Å². The van der Waals surface area contributed by atoms with Crippen LogP contribution in [0, 0.1) is 5.92 Å². The monoisotopic (exact) mass is 328 g/mol. The average molecular weight is 328 g/mol. The molecule has 2 aromatic rings. The van der Waals surface area contributed by atoms with Gasteiger partial charge in [0.25, 0.3) is 0 Å². The van der Waals surface area contributed by atoms with Gasteiger partial charge in [-0.3, -0.25) is 4.79 Å². The molecule has 1 aromatic heterocycles. The van der Waals surface area contributed by atoms with Crippen LogP contribution in [0.1, 0.15) is 29.8 Å². The second-order valence-corrected chi connectivity index (χ2v) is 7.34. The third-order valence-electron chi connectivity index (χ3n) is 4.81. The second-order valence-electron chi connectivity index (χ2n) is 6.26. The molecule has 0 N–H and O–H groups in total. The van der Waals surface area contributed by atoms with Crippen LogP contribution in [0.25, 0.3) is 10.6 Å². The van der Waals surface area contributed by atoms with Gasteiger partial charge in [0.2, 0.25) is 5.91 Å². The number of amides is 1. The highest BCUT2D eigenvalue weighted by Gasteiger charge is 2.32. The van der Waals surface area contributed by atoms with Crippen LogP contribution in [0.3, 0.4) is 0 Å². The van der Waals surface area contributed by atoms with E-state index in [1.807, 2.05) is 23.1 Å². The third kappa shape index (κ3) is 2.74. The Morgan fingerprint density at radius 2 is 2.26 bits per heavy atom. The van der Waals surface area contributed by atoms with E-state index in [4.69, 9.17) is 9.72 Å². The Morgan fingerprint density at radius 1 is 1.39 bits per heavy atom. The van der Waals surface area contributed by atoms with Gasteiger partial charge in [0, 0.05) is 29.3 Å². The number of aromatic nitrogens is 1. The van der Waals surface area contributed by atoms with Crippen molar-refractivity contribution in [2.75, 3.05) is 13.7 Å². The van der Waals surface area contributed by atoms with E-state index in [1.165, 1.54) is 11.3 Å². The first-order valence-corrected chi connectivity index (χ1v) is 8.98. The Kier molecular flexibility index (Phi) is 3.81. The van der Waals surface area contributed by atoms with E-state index >= 15 is 0 Å². The van der Waals surface area contributed by atoms with Gasteiger partial charge in [0.1, 0.15) is 10.8 Å². The van der Waals surface area contributed by atoms with Gasteiger partial charge in [-0.25, -0.2) is 4.98 Å². The number of carbonyl (C=O) groups excluding carboxylic acids is 1. The molecule has 1 saturated carbocycles. The van der Waals surface area contributed by atoms with Crippen molar-refractivity contribution in [3.05, 3.63) is 34.8 Å². The van der Waals surface area contributed by atoms with Crippen LogP contribution >= 0.6 is 11.3 Å². The van der Waals surface area contributed by atoms with Crippen molar-refractivity contribution in [1.29, 1.82) is 0 Å². The maximum absolute atomic E-state index is 12.4. The number of rotatable bonds is 3. The van der Waals surface area contributed by atoms with Crippen molar-refractivity contribution in [1.82, 2.24) is 9.88 Å². The quantitative estimate of drug-likeness (QED) is 0.866. The first-order valence-electron chi connectivity index (χ1n) is 8.16. The number of ether oxygens (including phenoxy) is 1. The molecule has 5 heteroatoms. The zero-order valence-corrected chi connectivity index (χ0v) is 14.1. The zero-order chi connectivity index (χ0) is 15.8. The van der Waals surface area contributed by atoms with Gasteiger partial charge in [0.05, 0.1) is 19.3 Å². The molecule has 0 saturated heterocycles. The Balaban J connectivity index is 1.56. The summed E-state index contributed by atoms with van der Waals surface area (Å²) in [5.74, 6) is 1.47. The molecule has 0 spiro atoms. The number of benzene rings is 1. The van der Waals surface area contributed by atoms with Crippen molar-refractivity contribution < 1.29 is 9.53 Å². The summed E-state index contributed by atoms with van der Waals surface area (Å²) < 4.78 is 5.30. The zero-order valence-electron chi connectivity index (χ0n) is 13.2. The molecular formula is C18H20N2O2S. The predicted molar refractivity (Wildman–Crippen MR) is 90.6 cm³/mol. The van der Waals surface area contributed by atoms with Crippen molar-refractivity contribution >= 4 is 17.2 Å². The highest BCUT2D eigenvalue weighted by molar-refractivity contribution is 7.15. The smallest absolute Gasteiger partial charge is 0.226 e. The minimum Gasteiger partial charge on any atom is -0.497 e. The van der Waals surface area contributed by atoms with Gasteiger partial charge in [0.15, 0.2) is 0 Å². The summed E-state index contributed by atoms with van der Waals surface area (Å²) in [6, 6.07) is 8.00. The van der Waals surface area contributed by atoms with Crippen LogP contribution in [-0.2, 0) is 17.8 Å². The van der Waals surface area contributed by atoms with E-state index in [1.54, 1.807) is 18.4 Å². The molecule has 0 atom stereocenters. The van der Waals surface area contributed by atoms with E-state index in [0.29, 0.717) is 5.91 Å². The van der Waals surface area contributed by atoms with Gasteiger partial charge < -0.3 is 9.64 Å². The molecule has 0 bridgehead atoms. The summed E-state index contributed by atoms with van der Waals surface area (Å²) in [6.45, 7) is 1.54. The molecule has 1 amide bonds. The predicted octanol–water partition coefficient (Wildman–Crippen LogP) is 3.50. The van der Waals surface area contributed by atoms with E-state index < -0.39 is 0 Å². The maximum atomic E-state index is 12.4. The summed E-state index contributed by atoms with van der Waals surface area (Å²) in [4.78, 5) is 20.5. The van der Waals surface area contributed by atoms with Crippen LogP contribution in [0.4, 0.5) is 0 Å². The van der Waals surface area contributed by atoms with Crippen molar-refractivity contribution in [2.45, 2.75) is 32.2 Å². The molecule has 4 nitrogen and oxygen atoms in total. The molecular weight excluding hydrogens is 308 g/mol. The first-order chi connectivity index (χ1) is 11.2. The highest BCUT2D eigenvalue weighted by atomic mass is 32.1. The maximum Gasteiger partial charge on any atom is 0.226 e. The molecule has 1 aliphatic carbocycles. The summed E-state index contributed by atoms with van der Waals surface area (Å²) >= 11 is 1.71. The number of fused-ring (bicyclic) bond motifs is 1. The van der Waals surface area contributed by atoms with Crippen LogP contribution in [0.15, 0.2) is 24.3 Å². The lowest BCUT2D eigenvalue weighted by Crippen LogP contribution is -2.41. The first kappa shape index (κ1) is 14.7. The average Bonchev–Trinajstić information content (AvgIpc) is 2.96. The molecule has 2 heterocycles. The van der Waals surface area contributed by atoms with Crippen molar-refractivity contribution in [3.63, 3.8) is 0 Å². The van der Waals surface area contributed by atoms with E-state index in [-0.39, 0.29) is 5.92 Å². The standard InChI is InChI=1S/C18H20N2O2S/c1-22-14-7-3-6-13(10-14)17-19-15-8-9-20(11-16(15)23-17)18(21)12-4-2-5-12/h3,6-7,10,12H,2,4-5,8-9,11H2,1H3. The molecule has 1 aliphatic heterocycles. The fourth-order valence-corrected chi connectivity index (χ4v) is 4.30. The number of hydrogen-bond acceptors (Lipinski definition) is 4. The topological polar surface area (TPSA) is 42.4 Å². The summed E-state index contributed by atoms with van der Waals surface area (Å²) in [7, 11) is 1.68. The summed E-state index contributed by atoms with van der Waals surface area (Å²) in [5, 5.41) is 1.02. The number of methoxy groups -OCH3 is 1. The van der Waals surface area contributed by atoms with Crippen LogP contribution in [0.2, 0.25) is 0 Å². The van der Waals surface area contributed by atoms with Gasteiger partial charge in [-0.2, -0.15) is 0 Å². The fourth-order valence-electron chi connectivity index (χ4n) is 3.18. The molecule has 4 rings (SSSR count). The van der Waals surface area contributed by atoms with Gasteiger partial charge >= 0.3 is 0 Å². The number of thiazole rings is 1. The Morgan fingerprint density at radius 3 is 3.00 bits per heavy atom. The Hall–Kier alpha value is -1.88. The highest BCUT2D eigenvalue weighted by Crippen LogP contribution is 2.35. The number of nitrogens with zero attached hydrogens (tertiary/aromatic N) is 2. The minimum atomic E-state index is 0.280. The van der Waals surface area contributed by atoms with Crippen LogP contribution in [0.5, 0.6) is 5.75 Å². The van der Waals surface area contributed by atoms with Crippen LogP contribution in [-0.4, -0.2) is 29.4 Å². The van der Waals surface area contributed by atoms with E-state index in [2.05, 4.69) is 6.07 Å². The lowest BCUT2D eigenvalue weighted by molar-refractivity contribution is -0.139. The third-order valence-corrected chi connectivity index (χ3v) is 5.95. The SMILES string of the molecule is COc1cccc(-c2nc3c(s2)CN(C(=O)C2CCC2)CC3)c1. The fraction of sp³-hybridized carbons (Fsp3) is 0.444. The number of hydrogen-bond donors (Lipinski definition) is 0. The minimum absolute atomic E-state index is 0.280. The largest absolute Gasteiger partial charge is 0.497 e. The summed E-state index contributed by atoms with van der Waals surface area (Å²) in [6.07, 6.45) is 4.21. The Bertz CT molecular complexity index is 736. The van der Waals surface area contributed by atoms with Gasteiger partial charge in [-0.1, -0.05) is 18.6 Å². The van der Waals surface area contributed by atoms with Crippen molar-refractivity contribution in [2.24, 2.45) is 5.92 Å². The van der Waals surface area contributed by atoms with E-state index in [0.717, 1.165) is 54.4 Å². The van der Waals surface area contributed by atoms with Gasteiger partial charge in [-0.05, 0) is 25.0 Å². The Labute approximate surface area is 140 Å². The molecule has 0 radical (unpaired) electrons. The number of carbonyl (C=O) groups is 1. The second kappa shape index (κ2) is 5.96. The molecule has 120 valence electrons. The van der Waals surface area contributed by atoms with E-state index in [9.17, 15) is 4.79 Å². The molecule has 1 aromatic carbocycles. The normalized spacial score (nSPS) is 17.5. The lowest BCUT2D eigenvalue weighted by Gasteiger charge is -2.33. The summed E-state index contributed by atoms with van der Waals surface area (Å²) in [5.41, 5.74) is 2.24. The molecule has 23 heavy (non-hydrogen) atoms. The van der Waals surface area contributed by atoms with Crippen LogP contribution < -0.4 is 4.74 Å². The molecule has 1 fully saturated rings. The van der Waals surface area contributed by atoms with Gasteiger partial charge in [-0.15, -0.1) is 11.3 Å².